The highest BCUT2D eigenvalue weighted by Gasteiger charge is 2.75. The molecule has 2 bridgehead atoms. The second kappa shape index (κ2) is 12.0. The van der Waals surface area contributed by atoms with E-state index in [2.05, 4.69) is 0 Å². The maximum Gasteiger partial charge on any atom is 0.338 e. The van der Waals surface area contributed by atoms with E-state index in [1.165, 1.54) is 33.9 Å². The minimum absolute atomic E-state index is 0.0579. The molecule has 12 nitrogen and oxygen atoms in total. The average molecular weight is 645 g/mol. The first-order valence-electron chi connectivity index (χ1n) is 15.6. The molecule has 5 rings (SSSR count). The highest BCUT2D eigenvalue weighted by atomic mass is 16.6. The molecule has 0 radical (unpaired) electrons. The lowest BCUT2D eigenvalue weighted by atomic mass is 9.45. The summed E-state index contributed by atoms with van der Waals surface area (Å²) < 4.78 is 35.5. The van der Waals surface area contributed by atoms with Gasteiger partial charge < -0.3 is 38.6 Å². The number of ether oxygens (including phenoxy) is 6. The minimum atomic E-state index is -1.62. The number of fused-ring (bicyclic) bond motifs is 5. The average Bonchev–Trinajstić information content (AvgIpc) is 2.96. The molecular formula is C34H44O12. The number of carbonyl (C=O) groups excluding carboxylic acids is 4. The van der Waals surface area contributed by atoms with Crippen molar-refractivity contribution in [1.29, 1.82) is 0 Å². The molecule has 1 aliphatic heterocycles. The molecule has 2 N–H and O–H groups in total. The molecule has 0 unspecified atom stereocenters. The van der Waals surface area contributed by atoms with E-state index >= 15 is 0 Å². The van der Waals surface area contributed by atoms with Gasteiger partial charge in [0, 0.05) is 38.5 Å². The predicted octanol–water partition coefficient (Wildman–Crippen LogP) is 2.91. The summed E-state index contributed by atoms with van der Waals surface area (Å²) in [6.45, 7) is 10.9. The lowest BCUT2D eigenvalue weighted by molar-refractivity contribution is -0.354. The molecular weight excluding hydrogens is 600 g/mol. The van der Waals surface area contributed by atoms with Gasteiger partial charge in [0.15, 0.2) is 5.60 Å². The number of aliphatic hydroxyl groups excluding tert-OH is 2. The number of methoxy groups -OCH3 is 1. The highest BCUT2D eigenvalue weighted by Crippen LogP contribution is 2.64. The number of esters is 4. The van der Waals surface area contributed by atoms with Gasteiger partial charge >= 0.3 is 23.9 Å². The molecule has 1 aromatic rings. The van der Waals surface area contributed by atoms with Crippen molar-refractivity contribution < 1.29 is 57.8 Å². The Labute approximate surface area is 268 Å². The van der Waals surface area contributed by atoms with Crippen molar-refractivity contribution in [2.75, 3.05) is 13.7 Å². The molecule has 12 heteroatoms. The van der Waals surface area contributed by atoms with Crippen LogP contribution < -0.4 is 4.74 Å². The number of benzene rings is 1. The Morgan fingerprint density at radius 1 is 0.935 bits per heavy atom. The van der Waals surface area contributed by atoms with Crippen molar-refractivity contribution >= 4 is 23.9 Å². The third-order valence-corrected chi connectivity index (χ3v) is 10.8. The third kappa shape index (κ3) is 5.28. The van der Waals surface area contributed by atoms with Gasteiger partial charge in [0.05, 0.1) is 31.3 Å². The maximum absolute atomic E-state index is 14.1. The van der Waals surface area contributed by atoms with Gasteiger partial charge in [0.2, 0.25) is 0 Å². The monoisotopic (exact) mass is 644 g/mol. The fourth-order valence-electron chi connectivity index (χ4n) is 8.81. The van der Waals surface area contributed by atoms with E-state index in [0.717, 1.165) is 0 Å². The van der Waals surface area contributed by atoms with Crippen LogP contribution in [0, 0.1) is 22.7 Å². The molecule has 1 heterocycles. The topological polar surface area (TPSA) is 164 Å². The zero-order valence-corrected chi connectivity index (χ0v) is 27.5. The Bertz CT molecular complexity index is 1450. The van der Waals surface area contributed by atoms with Gasteiger partial charge in [-0.05, 0) is 48.1 Å². The normalized spacial score (nSPS) is 37.6. The highest BCUT2D eigenvalue weighted by molar-refractivity contribution is 5.90. The van der Waals surface area contributed by atoms with Gasteiger partial charge in [-0.15, -0.1) is 0 Å². The van der Waals surface area contributed by atoms with E-state index in [9.17, 15) is 29.4 Å². The Hall–Kier alpha value is -3.48. The van der Waals surface area contributed by atoms with Crippen LogP contribution in [-0.2, 0) is 38.1 Å². The summed E-state index contributed by atoms with van der Waals surface area (Å²) >= 11 is 0. The Balaban J connectivity index is 1.79. The first kappa shape index (κ1) is 33.9. The fourth-order valence-corrected chi connectivity index (χ4v) is 8.81. The standard InChI is InChI=1S/C34H44O12/c1-16-23(43-17(2)35)13-22-28(45-31(40)20-10-9-11-21(12-20)41-8)29-33(7,30(39)27(38)26(16)32(22,5)6)24(44-18(3)36)14-25-34(29,15-42-25)46-19(4)37/h9-12,22-25,27-30,38-39H,13-15H2,1-8H3/t22-,23-,24-,25+,27+,28+,29-,30-,33+,34-/m0/s1. The molecule has 0 aromatic heterocycles. The Morgan fingerprint density at radius 3 is 2.17 bits per heavy atom. The lowest BCUT2D eigenvalue weighted by Gasteiger charge is -2.67. The minimum Gasteiger partial charge on any atom is -0.497 e. The van der Waals surface area contributed by atoms with Crippen molar-refractivity contribution in [3.63, 3.8) is 0 Å². The van der Waals surface area contributed by atoms with Crippen molar-refractivity contribution in [1.82, 2.24) is 0 Å². The molecule has 1 saturated heterocycles. The molecule has 4 aliphatic rings. The summed E-state index contributed by atoms with van der Waals surface area (Å²) in [6.07, 6.45) is -6.62. The molecule has 3 fully saturated rings. The quantitative estimate of drug-likeness (QED) is 0.265. The molecule has 0 amide bonds. The Kier molecular flexibility index (Phi) is 8.80. The van der Waals surface area contributed by atoms with Crippen LogP contribution in [0.4, 0.5) is 0 Å². The van der Waals surface area contributed by atoms with Gasteiger partial charge in [0.1, 0.15) is 36.3 Å². The molecule has 1 aromatic carbocycles. The lowest BCUT2D eigenvalue weighted by Crippen LogP contribution is -2.80. The van der Waals surface area contributed by atoms with E-state index < -0.39 is 88.8 Å². The molecule has 252 valence electrons. The van der Waals surface area contributed by atoms with Crippen LogP contribution in [0.5, 0.6) is 5.75 Å². The molecule has 3 aliphatic carbocycles. The number of hydrogen-bond acceptors (Lipinski definition) is 12. The second-order valence-corrected chi connectivity index (χ2v) is 13.8. The van der Waals surface area contributed by atoms with E-state index in [4.69, 9.17) is 28.4 Å². The van der Waals surface area contributed by atoms with Crippen LogP contribution >= 0.6 is 0 Å². The number of hydrogen-bond donors (Lipinski definition) is 2. The van der Waals surface area contributed by atoms with E-state index in [1.807, 2.05) is 13.8 Å². The van der Waals surface area contributed by atoms with Crippen molar-refractivity contribution in [3.05, 3.63) is 41.0 Å². The smallest absolute Gasteiger partial charge is 0.338 e. The summed E-state index contributed by atoms with van der Waals surface area (Å²) in [5.74, 6) is -3.76. The molecule has 10 atom stereocenters. The van der Waals surface area contributed by atoms with Gasteiger partial charge in [-0.3, -0.25) is 14.4 Å². The van der Waals surface area contributed by atoms with Crippen LogP contribution in [0.2, 0.25) is 0 Å². The molecule has 2 saturated carbocycles. The predicted molar refractivity (Wildman–Crippen MR) is 160 cm³/mol. The zero-order chi connectivity index (χ0) is 33.9. The summed E-state index contributed by atoms with van der Waals surface area (Å²) in [7, 11) is 1.48. The maximum atomic E-state index is 14.1. The number of aliphatic hydroxyl groups is 2. The summed E-state index contributed by atoms with van der Waals surface area (Å²) in [5.41, 5.74) is -2.70. The van der Waals surface area contributed by atoms with Crippen LogP contribution in [0.25, 0.3) is 0 Å². The van der Waals surface area contributed by atoms with Crippen LogP contribution in [0.1, 0.15) is 71.7 Å². The first-order chi connectivity index (χ1) is 21.5. The van der Waals surface area contributed by atoms with Crippen molar-refractivity contribution in [2.45, 2.75) is 104 Å². The summed E-state index contributed by atoms with van der Waals surface area (Å²) in [4.78, 5) is 51.6. The number of rotatable bonds is 6. The molecule has 0 spiro atoms. The third-order valence-electron chi connectivity index (χ3n) is 10.8. The fraction of sp³-hybridized carbons (Fsp3) is 0.647. The largest absolute Gasteiger partial charge is 0.497 e. The van der Waals surface area contributed by atoms with Crippen molar-refractivity contribution in [3.8, 4) is 5.75 Å². The summed E-state index contributed by atoms with van der Waals surface area (Å²) in [5, 5.41) is 24.4. The van der Waals surface area contributed by atoms with Gasteiger partial charge in [-0.25, -0.2) is 4.79 Å². The first-order valence-corrected chi connectivity index (χ1v) is 15.6. The van der Waals surface area contributed by atoms with Crippen LogP contribution in [0.15, 0.2) is 35.4 Å². The van der Waals surface area contributed by atoms with Gasteiger partial charge in [-0.2, -0.15) is 0 Å². The van der Waals surface area contributed by atoms with Crippen LogP contribution in [0.3, 0.4) is 0 Å². The summed E-state index contributed by atoms with van der Waals surface area (Å²) in [6, 6.07) is 6.45. The van der Waals surface area contributed by atoms with Gasteiger partial charge in [-0.1, -0.05) is 26.8 Å². The van der Waals surface area contributed by atoms with Crippen LogP contribution in [-0.4, -0.2) is 90.0 Å². The van der Waals surface area contributed by atoms with E-state index in [-0.39, 0.29) is 25.0 Å². The Morgan fingerprint density at radius 2 is 1.61 bits per heavy atom. The zero-order valence-electron chi connectivity index (χ0n) is 27.5. The van der Waals surface area contributed by atoms with E-state index in [0.29, 0.717) is 16.9 Å². The molecule has 46 heavy (non-hydrogen) atoms. The second-order valence-electron chi connectivity index (χ2n) is 13.8. The number of carbonyl (C=O) groups is 4. The SMILES string of the molecule is COc1cccc(C(=O)O[C@H]2[C@@H]3[C@]4(OC(C)=O)CO[C@@H]4C[C@H](OC(C)=O)[C@@]3(C)[C@@H](O)[C@H](O)C3=C(C)[C@@H](OC(C)=O)C[C@@H]2C3(C)C)c1. The van der Waals surface area contributed by atoms with E-state index in [1.54, 1.807) is 32.0 Å². The van der Waals surface area contributed by atoms with Gasteiger partial charge in [0.25, 0.3) is 0 Å². The van der Waals surface area contributed by atoms with Crippen molar-refractivity contribution in [2.24, 2.45) is 22.7 Å².